The Morgan fingerprint density at radius 1 is 1.21 bits per heavy atom. The zero-order chi connectivity index (χ0) is 13.3. The molecule has 0 bridgehead atoms. The third-order valence-electron chi connectivity index (χ3n) is 5.25. The molecule has 0 unspecified atom stereocenters. The molecule has 19 heavy (non-hydrogen) atoms. The summed E-state index contributed by atoms with van der Waals surface area (Å²) in [4.78, 5) is 2.59. The first-order valence-electron chi connectivity index (χ1n) is 7.67. The number of hydrogen-bond acceptors (Lipinski definition) is 2. The topological polar surface area (TPSA) is 12.5 Å². The lowest BCUT2D eigenvalue weighted by atomic mass is 9.65. The second-order valence-corrected chi connectivity index (χ2v) is 6.09. The van der Waals surface area contributed by atoms with E-state index >= 15 is 0 Å². The largest absolute Gasteiger partial charge is 0.497 e. The molecule has 1 spiro atoms. The third kappa shape index (κ3) is 2.27. The maximum absolute atomic E-state index is 5.38. The monoisotopic (exact) mass is 259 g/mol. The molecule has 1 aliphatic heterocycles. The van der Waals surface area contributed by atoms with Crippen molar-refractivity contribution < 1.29 is 4.74 Å². The van der Waals surface area contributed by atoms with Gasteiger partial charge in [0.15, 0.2) is 0 Å². The summed E-state index contributed by atoms with van der Waals surface area (Å²) < 4.78 is 5.38. The fraction of sp³-hybridized carbons (Fsp3) is 0.647. The van der Waals surface area contributed by atoms with Gasteiger partial charge in [0.1, 0.15) is 5.75 Å². The van der Waals surface area contributed by atoms with Crippen LogP contribution in [0.3, 0.4) is 0 Å². The molecule has 1 aromatic rings. The van der Waals surface area contributed by atoms with Crippen LogP contribution >= 0.6 is 0 Å². The van der Waals surface area contributed by atoms with Crippen LogP contribution in [0.1, 0.15) is 43.7 Å². The number of rotatable bonds is 2. The molecule has 2 nitrogen and oxygen atoms in total. The molecule has 1 saturated heterocycles. The van der Waals surface area contributed by atoms with Crippen molar-refractivity contribution in [3.05, 3.63) is 29.3 Å². The van der Waals surface area contributed by atoms with E-state index in [0.717, 1.165) is 5.75 Å². The van der Waals surface area contributed by atoms with E-state index in [-0.39, 0.29) is 0 Å². The van der Waals surface area contributed by atoms with E-state index in [1.165, 1.54) is 57.3 Å². The second-order valence-electron chi connectivity index (χ2n) is 6.09. The zero-order valence-corrected chi connectivity index (χ0v) is 12.2. The quantitative estimate of drug-likeness (QED) is 0.807. The lowest BCUT2D eigenvalue weighted by Gasteiger charge is -2.45. The molecule has 0 radical (unpaired) electrons. The molecular formula is C17H25NO. The van der Waals surface area contributed by atoms with E-state index < -0.39 is 0 Å². The molecule has 0 saturated carbocycles. The lowest BCUT2D eigenvalue weighted by molar-refractivity contribution is 0.150. The summed E-state index contributed by atoms with van der Waals surface area (Å²) in [6, 6.07) is 6.76. The van der Waals surface area contributed by atoms with Crippen LogP contribution in [0.4, 0.5) is 0 Å². The first-order chi connectivity index (χ1) is 9.27. The van der Waals surface area contributed by atoms with Gasteiger partial charge in [0.2, 0.25) is 0 Å². The van der Waals surface area contributed by atoms with Crippen molar-refractivity contribution in [3.8, 4) is 5.75 Å². The highest BCUT2D eigenvalue weighted by Crippen LogP contribution is 2.45. The molecule has 104 valence electrons. The number of likely N-dealkylation sites (tertiary alicyclic amines) is 1. The van der Waals surface area contributed by atoms with Crippen LogP contribution in [0.15, 0.2) is 18.2 Å². The number of piperidine rings is 1. The first kappa shape index (κ1) is 13.0. The van der Waals surface area contributed by atoms with Crippen LogP contribution in [0.25, 0.3) is 0 Å². The van der Waals surface area contributed by atoms with Gasteiger partial charge in [-0.25, -0.2) is 0 Å². The summed E-state index contributed by atoms with van der Waals surface area (Å²) in [5.74, 6) is 1.02. The van der Waals surface area contributed by atoms with Crippen LogP contribution in [0.5, 0.6) is 5.75 Å². The average molecular weight is 259 g/mol. The Morgan fingerprint density at radius 3 is 2.68 bits per heavy atom. The van der Waals surface area contributed by atoms with Crippen LogP contribution < -0.4 is 4.74 Å². The number of methoxy groups -OCH3 is 1. The highest BCUT2D eigenvalue weighted by Gasteiger charge is 2.38. The van der Waals surface area contributed by atoms with Gasteiger partial charge in [0.25, 0.3) is 0 Å². The molecule has 0 aromatic heterocycles. The zero-order valence-electron chi connectivity index (χ0n) is 12.2. The fourth-order valence-corrected chi connectivity index (χ4v) is 3.99. The maximum Gasteiger partial charge on any atom is 0.119 e. The molecule has 2 heteroatoms. The van der Waals surface area contributed by atoms with Gasteiger partial charge >= 0.3 is 0 Å². The van der Waals surface area contributed by atoms with Crippen molar-refractivity contribution in [2.75, 3.05) is 26.7 Å². The summed E-state index contributed by atoms with van der Waals surface area (Å²) in [5.41, 5.74) is 3.62. The second kappa shape index (κ2) is 5.16. The number of ether oxygens (including phenoxy) is 1. The van der Waals surface area contributed by atoms with Gasteiger partial charge < -0.3 is 9.64 Å². The van der Waals surface area contributed by atoms with Gasteiger partial charge in [-0.3, -0.25) is 0 Å². The van der Waals surface area contributed by atoms with Gasteiger partial charge in [-0.05, 0) is 80.4 Å². The van der Waals surface area contributed by atoms with Crippen molar-refractivity contribution in [1.29, 1.82) is 0 Å². The minimum absolute atomic E-state index is 0.464. The molecule has 1 fully saturated rings. The Bertz CT molecular complexity index is 447. The van der Waals surface area contributed by atoms with Gasteiger partial charge in [-0.15, -0.1) is 0 Å². The molecule has 3 rings (SSSR count). The lowest BCUT2D eigenvalue weighted by Crippen LogP contribution is -2.44. The number of nitrogens with zero attached hydrogens (tertiary/aromatic N) is 1. The van der Waals surface area contributed by atoms with E-state index in [2.05, 4.69) is 30.0 Å². The van der Waals surface area contributed by atoms with E-state index in [1.54, 1.807) is 12.7 Å². The molecular weight excluding hydrogens is 234 g/mol. The third-order valence-corrected chi connectivity index (χ3v) is 5.25. The molecule has 2 aliphatic rings. The predicted octanol–water partition coefficient (Wildman–Crippen LogP) is 3.39. The first-order valence-corrected chi connectivity index (χ1v) is 7.67. The van der Waals surface area contributed by atoms with Crippen LogP contribution in [0, 0.1) is 0 Å². The Kier molecular flexibility index (Phi) is 3.53. The van der Waals surface area contributed by atoms with Crippen LogP contribution in [-0.2, 0) is 11.8 Å². The van der Waals surface area contributed by atoms with E-state index in [1.807, 2.05) is 0 Å². The van der Waals surface area contributed by atoms with Crippen molar-refractivity contribution in [2.24, 2.45) is 0 Å². The summed E-state index contributed by atoms with van der Waals surface area (Å²) >= 11 is 0. The number of aryl methyl sites for hydroxylation is 1. The van der Waals surface area contributed by atoms with Gasteiger partial charge in [0, 0.05) is 0 Å². The van der Waals surface area contributed by atoms with Crippen LogP contribution in [0.2, 0.25) is 0 Å². The normalized spacial score (nSPS) is 22.2. The van der Waals surface area contributed by atoms with Crippen molar-refractivity contribution in [3.63, 3.8) is 0 Å². The molecule has 0 atom stereocenters. The minimum Gasteiger partial charge on any atom is -0.497 e. The fourth-order valence-electron chi connectivity index (χ4n) is 3.99. The summed E-state index contributed by atoms with van der Waals surface area (Å²) in [7, 11) is 1.76. The highest BCUT2D eigenvalue weighted by atomic mass is 16.5. The SMILES string of the molecule is CCN1CCC2(CCCc3cc(OC)ccc32)CC1. The summed E-state index contributed by atoms with van der Waals surface area (Å²) in [6.07, 6.45) is 6.61. The smallest absolute Gasteiger partial charge is 0.119 e. The highest BCUT2D eigenvalue weighted by molar-refractivity contribution is 5.42. The molecule has 0 amide bonds. The predicted molar refractivity (Wildman–Crippen MR) is 79.0 cm³/mol. The number of hydrogen-bond donors (Lipinski definition) is 0. The van der Waals surface area contributed by atoms with Gasteiger partial charge in [-0.1, -0.05) is 13.0 Å². The molecule has 1 aromatic carbocycles. The van der Waals surface area contributed by atoms with Crippen LogP contribution in [-0.4, -0.2) is 31.6 Å². The Labute approximate surface area is 116 Å². The van der Waals surface area contributed by atoms with Gasteiger partial charge in [-0.2, -0.15) is 0 Å². The summed E-state index contributed by atoms with van der Waals surface area (Å²) in [5, 5.41) is 0. The molecule has 1 aliphatic carbocycles. The Morgan fingerprint density at radius 2 is 2.00 bits per heavy atom. The standard InChI is InChI=1S/C17H25NO/c1-3-18-11-9-17(10-12-18)8-4-5-14-13-15(19-2)6-7-16(14)17/h6-7,13H,3-5,8-12H2,1-2H3. The molecule has 0 N–H and O–H groups in total. The Balaban J connectivity index is 1.90. The summed E-state index contributed by atoms with van der Waals surface area (Å²) in [6.45, 7) is 6.01. The van der Waals surface area contributed by atoms with Crippen molar-refractivity contribution in [2.45, 2.75) is 44.4 Å². The van der Waals surface area contributed by atoms with E-state index in [0.29, 0.717) is 5.41 Å². The van der Waals surface area contributed by atoms with Crippen molar-refractivity contribution >= 4 is 0 Å². The molecule has 1 heterocycles. The van der Waals surface area contributed by atoms with E-state index in [9.17, 15) is 0 Å². The number of benzene rings is 1. The van der Waals surface area contributed by atoms with Crippen molar-refractivity contribution in [1.82, 2.24) is 4.90 Å². The van der Waals surface area contributed by atoms with Gasteiger partial charge in [0.05, 0.1) is 7.11 Å². The van der Waals surface area contributed by atoms with E-state index in [4.69, 9.17) is 4.74 Å². The average Bonchev–Trinajstić information content (AvgIpc) is 2.48. The Hall–Kier alpha value is -1.02. The minimum atomic E-state index is 0.464. The maximum atomic E-state index is 5.38. The number of fused-ring (bicyclic) bond motifs is 2.